The highest BCUT2D eigenvalue weighted by Crippen LogP contribution is 2.09. The highest BCUT2D eigenvalue weighted by molar-refractivity contribution is 7.09. The Labute approximate surface area is 110 Å². The average Bonchev–Trinajstić information content (AvgIpc) is 2.92. The first kappa shape index (κ1) is 12.7. The molecule has 0 spiro atoms. The Morgan fingerprint density at radius 3 is 2.83 bits per heavy atom. The summed E-state index contributed by atoms with van der Waals surface area (Å²) < 4.78 is 0. The van der Waals surface area contributed by atoms with Crippen molar-refractivity contribution in [1.82, 2.24) is 10.3 Å². The maximum Gasteiger partial charge on any atom is 0.241 e. The van der Waals surface area contributed by atoms with Crippen molar-refractivity contribution < 1.29 is 4.79 Å². The van der Waals surface area contributed by atoms with Crippen LogP contribution in [0.4, 0.5) is 0 Å². The number of thiazole rings is 1. The Kier molecular flexibility index (Phi) is 4.44. The molecule has 2 rings (SSSR count). The minimum absolute atomic E-state index is 0.155. The predicted octanol–water partition coefficient (Wildman–Crippen LogP) is 1.50. The Hall–Kier alpha value is -1.72. The van der Waals surface area contributed by atoms with Gasteiger partial charge in [0.2, 0.25) is 5.91 Å². The summed E-state index contributed by atoms with van der Waals surface area (Å²) in [7, 11) is 0. The molecule has 0 bridgehead atoms. The lowest BCUT2D eigenvalue weighted by atomic mass is 10.1. The molecule has 0 aliphatic heterocycles. The maximum atomic E-state index is 11.8. The number of nitrogens with one attached hydrogen (secondary N) is 1. The Balaban J connectivity index is 1.81. The van der Waals surface area contributed by atoms with E-state index in [0.717, 1.165) is 17.0 Å². The van der Waals surface area contributed by atoms with Gasteiger partial charge in [0.1, 0.15) is 6.04 Å². The van der Waals surface area contributed by atoms with Crippen molar-refractivity contribution in [3.63, 3.8) is 0 Å². The molecule has 3 N–H and O–H groups in total. The summed E-state index contributed by atoms with van der Waals surface area (Å²) in [5.41, 5.74) is 6.70. The highest BCUT2D eigenvalue weighted by Gasteiger charge is 2.14. The molecule has 0 radical (unpaired) electrons. The van der Waals surface area contributed by atoms with Crippen LogP contribution >= 0.6 is 11.3 Å². The van der Waals surface area contributed by atoms with Gasteiger partial charge in [0.05, 0.1) is 5.01 Å². The van der Waals surface area contributed by atoms with Crippen LogP contribution in [0.3, 0.4) is 0 Å². The van der Waals surface area contributed by atoms with E-state index in [-0.39, 0.29) is 5.91 Å². The third-order valence-corrected chi connectivity index (χ3v) is 3.40. The van der Waals surface area contributed by atoms with Crippen LogP contribution in [-0.2, 0) is 11.2 Å². The summed E-state index contributed by atoms with van der Waals surface area (Å²) in [6.45, 7) is 0.562. The first-order valence-corrected chi connectivity index (χ1v) is 6.62. The van der Waals surface area contributed by atoms with Crippen LogP contribution in [0.5, 0.6) is 0 Å². The molecule has 0 unspecified atom stereocenters. The van der Waals surface area contributed by atoms with E-state index >= 15 is 0 Å². The number of hydrogen-bond acceptors (Lipinski definition) is 4. The topological polar surface area (TPSA) is 68.0 Å². The van der Waals surface area contributed by atoms with Crippen molar-refractivity contribution in [3.05, 3.63) is 52.5 Å². The van der Waals surface area contributed by atoms with Crippen LogP contribution in [-0.4, -0.2) is 17.4 Å². The second-order valence-electron chi connectivity index (χ2n) is 3.86. The van der Waals surface area contributed by atoms with E-state index in [9.17, 15) is 4.79 Å². The minimum atomic E-state index is -0.609. The number of nitrogens with two attached hydrogens (primary N) is 1. The Morgan fingerprint density at radius 1 is 1.39 bits per heavy atom. The molecule has 5 heteroatoms. The lowest BCUT2D eigenvalue weighted by Crippen LogP contribution is -2.35. The number of benzene rings is 1. The lowest BCUT2D eigenvalue weighted by Gasteiger charge is -2.11. The maximum absolute atomic E-state index is 11.8. The molecule has 18 heavy (non-hydrogen) atoms. The van der Waals surface area contributed by atoms with Crippen LogP contribution in [0.2, 0.25) is 0 Å². The summed E-state index contributed by atoms with van der Waals surface area (Å²) in [4.78, 5) is 16.0. The number of aromatic nitrogens is 1. The predicted molar refractivity (Wildman–Crippen MR) is 72.2 cm³/mol. The summed E-state index contributed by atoms with van der Waals surface area (Å²) in [6, 6.07) is 8.74. The molecule has 0 fully saturated rings. The number of nitrogens with zero attached hydrogens (tertiary/aromatic N) is 1. The van der Waals surface area contributed by atoms with Crippen molar-refractivity contribution in [2.75, 3.05) is 6.54 Å². The number of carbonyl (C=O) groups excluding carboxylic acids is 1. The van der Waals surface area contributed by atoms with Crippen molar-refractivity contribution in [3.8, 4) is 0 Å². The molecule has 2 aromatic rings. The molecule has 0 aliphatic rings. The molecule has 0 aliphatic carbocycles. The quantitative estimate of drug-likeness (QED) is 0.857. The zero-order valence-electron chi connectivity index (χ0n) is 9.87. The van der Waals surface area contributed by atoms with E-state index in [1.807, 2.05) is 35.7 Å². The van der Waals surface area contributed by atoms with Gasteiger partial charge in [-0.1, -0.05) is 30.3 Å². The second kappa shape index (κ2) is 6.28. The largest absolute Gasteiger partial charge is 0.354 e. The van der Waals surface area contributed by atoms with E-state index in [0.29, 0.717) is 6.54 Å². The molecule has 0 saturated carbocycles. The zero-order valence-corrected chi connectivity index (χ0v) is 10.7. The van der Waals surface area contributed by atoms with E-state index in [1.165, 1.54) is 0 Å². The van der Waals surface area contributed by atoms with Gasteiger partial charge in [-0.15, -0.1) is 11.3 Å². The average molecular weight is 261 g/mol. The molecule has 1 heterocycles. The number of carbonyl (C=O) groups is 1. The Bertz CT molecular complexity index is 484. The molecule has 0 saturated heterocycles. The van der Waals surface area contributed by atoms with Crippen molar-refractivity contribution >= 4 is 17.2 Å². The number of hydrogen-bond donors (Lipinski definition) is 2. The minimum Gasteiger partial charge on any atom is -0.354 e. The van der Waals surface area contributed by atoms with Gasteiger partial charge in [-0.3, -0.25) is 4.79 Å². The molecule has 1 amide bonds. The molecular formula is C13H15N3OS. The summed E-state index contributed by atoms with van der Waals surface area (Å²) in [6.07, 6.45) is 2.50. The first-order valence-electron chi connectivity index (χ1n) is 5.74. The van der Waals surface area contributed by atoms with Crippen LogP contribution in [0.1, 0.15) is 16.6 Å². The first-order chi connectivity index (χ1) is 8.77. The van der Waals surface area contributed by atoms with Crippen molar-refractivity contribution in [1.29, 1.82) is 0 Å². The van der Waals surface area contributed by atoms with Gasteiger partial charge in [0, 0.05) is 24.5 Å². The fraction of sp³-hybridized carbons (Fsp3) is 0.231. The normalized spacial score (nSPS) is 12.1. The van der Waals surface area contributed by atoms with Gasteiger partial charge < -0.3 is 11.1 Å². The van der Waals surface area contributed by atoms with Gasteiger partial charge in [-0.05, 0) is 5.56 Å². The van der Waals surface area contributed by atoms with Crippen LogP contribution in [0.15, 0.2) is 41.9 Å². The lowest BCUT2D eigenvalue weighted by molar-refractivity contribution is -0.122. The van der Waals surface area contributed by atoms with E-state index in [4.69, 9.17) is 5.73 Å². The molecule has 4 nitrogen and oxygen atoms in total. The van der Waals surface area contributed by atoms with Crippen LogP contribution in [0, 0.1) is 0 Å². The highest BCUT2D eigenvalue weighted by atomic mass is 32.1. The van der Waals surface area contributed by atoms with Crippen molar-refractivity contribution in [2.45, 2.75) is 12.5 Å². The third-order valence-electron chi connectivity index (χ3n) is 2.56. The van der Waals surface area contributed by atoms with E-state index in [1.54, 1.807) is 17.5 Å². The fourth-order valence-electron chi connectivity index (χ4n) is 1.59. The third kappa shape index (κ3) is 3.38. The smallest absolute Gasteiger partial charge is 0.241 e. The zero-order chi connectivity index (χ0) is 12.8. The van der Waals surface area contributed by atoms with Crippen LogP contribution in [0.25, 0.3) is 0 Å². The number of rotatable bonds is 5. The Morgan fingerprint density at radius 2 is 2.17 bits per heavy atom. The summed E-state index contributed by atoms with van der Waals surface area (Å²) >= 11 is 1.59. The number of amides is 1. The van der Waals surface area contributed by atoms with Crippen molar-refractivity contribution in [2.24, 2.45) is 5.73 Å². The molecule has 1 aromatic heterocycles. The SMILES string of the molecule is N[C@H](C(=O)NCCc1nccs1)c1ccccc1. The molecule has 1 atom stereocenters. The van der Waals surface area contributed by atoms with Gasteiger partial charge in [0.25, 0.3) is 0 Å². The van der Waals surface area contributed by atoms with Gasteiger partial charge >= 0.3 is 0 Å². The molecule has 1 aromatic carbocycles. The van der Waals surface area contributed by atoms with Gasteiger partial charge in [-0.25, -0.2) is 4.98 Å². The van der Waals surface area contributed by atoms with E-state index in [2.05, 4.69) is 10.3 Å². The van der Waals surface area contributed by atoms with Crippen LogP contribution < -0.4 is 11.1 Å². The standard InChI is InChI=1S/C13H15N3OS/c14-12(10-4-2-1-3-5-10)13(17)16-7-6-11-15-8-9-18-11/h1-5,8-9,12H,6-7,14H2,(H,16,17)/t12-/m0/s1. The van der Waals surface area contributed by atoms with Gasteiger partial charge in [-0.2, -0.15) is 0 Å². The summed E-state index contributed by atoms with van der Waals surface area (Å²) in [5.74, 6) is -0.155. The molecule has 94 valence electrons. The molecular weight excluding hydrogens is 246 g/mol. The monoisotopic (exact) mass is 261 g/mol. The fourth-order valence-corrected chi connectivity index (χ4v) is 2.21. The van der Waals surface area contributed by atoms with Gasteiger partial charge in [0.15, 0.2) is 0 Å². The summed E-state index contributed by atoms with van der Waals surface area (Å²) in [5, 5.41) is 5.76. The second-order valence-corrected chi connectivity index (χ2v) is 4.83. The van der Waals surface area contributed by atoms with E-state index < -0.39 is 6.04 Å².